The zero-order valence-corrected chi connectivity index (χ0v) is 35.6. The molecule has 0 saturated carbocycles. The Balaban J connectivity index is 0.915. The highest BCUT2D eigenvalue weighted by Crippen LogP contribution is 2.40. The van der Waals surface area contributed by atoms with Gasteiger partial charge in [0.2, 0.25) is 17.8 Å². The maximum Gasteiger partial charge on any atom is 0.294 e. The number of hydrogen-bond acceptors (Lipinski definition) is 12. The van der Waals surface area contributed by atoms with Crippen LogP contribution < -0.4 is 31.1 Å². The number of halogens is 4. The number of rotatable bonds is 11. The fourth-order valence-corrected chi connectivity index (χ4v) is 9.00. The molecule has 7 heterocycles. The number of anilines is 3. The lowest BCUT2D eigenvalue weighted by molar-refractivity contribution is -0.134. The van der Waals surface area contributed by atoms with Crippen molar-refractivity contribution in [2.45, 2.75) is 76.7 Å². The first-order valence-electron chi connectivity index (χ1n) is 21.1. The minimum atomic E-state index is -3.09. The second kappa shape index (κ2) is 17.2. The van der Waals surface area contributed by atoms with E-state index < -0.39 is 65.1 Å². The van der Waals surface area contributed by atoms with Crippen LogP contribution in [0.1, 0.15) is 80.7 Å². The van der Waals surface area contributed by atoms with Crippen molar-refractivity contribution in [3.05, 3.63) is 69.4 Å². The van der Waals surface area contributed by atoms with Gasteiger partial charge in [-0.05, 0) is 83.7 Å². The van der Waals surface area contributed by atoms with Crippen LogP contribution in [0.2, 0.25) is 0 Å². The fraction of sp³-hybridized carbons (Fsp3) is 0.488. The van der Waals surface area contributed by atoms with E-state index in [1.54, 1.807) is 25.4 Å². The highest BCUT2D eigenvalue weighted by atomic mass is 19.3. The van der Waals surface area contributed by atoms with Crippen molar-refractivity contribution in [3.8, 4) is 5.75 Å². The normalized spacial score (nSPS) is 19.8. The average molecular weight is 876 g/mol. The largest absolute Gasteiger partial charge is 0.478 e. The molecule has 0 spiro atoms. The minimum Gasteiger partial charge on any atom is -0.478 e. The number of carbonyl (C=O) groups excluding carboxylic acids is 3. The first-order chi connectivity index (χ1) is 30.0. The molecule has 1 aromatic carbocycles. The molecule has 5 aromatic rings. The molecule has 3 N–H and O–H groups in total. The molecule has 2 unspecified atom stereocenters. The van der Waals surface area contributed by atoms with Crippen LogP contribution in [0.25, 0.3) is 21.9 Å². The maximum atomic E-state index is 16.2. The highest BCUT2D eigenvalue weighted by molar-refractivity contribution is 6.02. The number of hydrogen-bond donors (Lipinski definition) is 3. The Bertz CT molecular complexity index is 2680. The summed E-state index contributed by atoms with van der Waals surface area (Å²) < 4.78 is 72.2. The van der Waals surface area contributed by atoms with E-state index in [0.29, 0.717) is 54.0 Å². The summed E-state index contributed by atoms with van der Waals surface area (Å²) in [6.45, 7) is 5.68. The minimum absolute atomic E-state index is 0.0116. The molecule has 20 heteroatoms. The van der Waals surface area contributed by atoms with E-state index in [1.807, 2.05) is 18.7 Å². The summed E-state index contributed by atoms with van der Waals surface area (Å²) >= 11 is 0. The van der Waals surface area contributed by atoms with E-state index in [-0.39, 0.29) is 78.9 Å². The molecular weight excluding hydrogens is 827 g/mol. The molecule has 0 radical (unpaired) electrons. The first kappa shape index (κ1) is 43.5. The Hall–Kier alpha value is -6.18. The molecule has 3 amide bonds. The summed E-state index contributed by atoms with van der Waals surface area (Å²) in [7, 11) is 3.00. The number of likely N-dealkylation sites (N-methyl/N-ethyl adjacent to an activating group) is 1. The second-order valence-electron chi connectivity index (χ2n) is 16.9. The van der Waals surface area contributed by atoms with Crippen molar-refractivity contribution in [1.82, 2.24) is 44.8 Å². The van der Waals surface area contributed by atoms with Gasteiger partial charge in [-0.1, -0.05) is 0 Å². The quantitative estimate of drug-likeness (QED) is 0.120. The summed E-state index contributed by atoms with van der Waals surface area (Å²) in [4.78, 5) is 66.3. The SMILES string of the molecule is CNC(=O)COc1cc2cc(Nc3nc(N4CCC(CN5CCC(c6c(F)cc7c(C8CCC(=O)NC8=O)nn(C)c7c6F)CC5)C(F)(F)C4)ncc3C)cnc2n(C(C)C)c1=O. The zero-order valence-electron chi connectivity index (χ0n) is 35.6. The number of benzene rings is 1. The number of aromatic nitrogens is 6. The number of nitrogens with zero attached hydrogens (tertiary/aromatic N) is 8. The first-order valence-corrected chi connectivity index (χ1v) is 21.1. The molecule has 4 aromatic heterocycles. The van der Waals surface area contributed by atoms with Gasteiger partial charge in [0.25, 0.3) is 17.4 Å². The average Bonchev–Trinajstić information content (AvgIpc) is 3.56. The molecule has 0 bridgehead atoms. The molecule has 3 aliphatic heterocycles. The van der Waals surface area contributed by atoms with Gasteiger partial charge < -0.3 is 25.2 Å². The third kappa shape index (κ3) is 8.51. The third-order valence-corrected chi connectivity index (χ3v) is 12.4. The number of imide groups is 1. The predicted octanol–water partition coefficient (Wildman–Crippen LogP) is 4.97. The smallest absolute Gasteiger partial charge is 0.294 e. The lowest BCUT2D eigenvalue weighted by atomic mass is 9.86. The molecule has 63 heavy (non-hydrogen) atoms. The Morgan fingerprint density at radius 3 is 2.49 bits per heavy atom. The third-order valence-electron chi connectivity index (χ3n) is 12.4. The standard InChI is InChI=1S/C43H49F4N11O5/c1-22(2)58-39-25(15-31(41(58)62)63-20-33(60)48-4)14-27(18-49-39)51-38-23(3)17-50-42(53-38)57-13-10-26(43(46,47)21-57)19-56-11-8-24(9-12-56)34-30(44)16-29-36(54-55(5)37(29)35(34)45)28-6-7-32(59)52-40(28)61/h14-18,22,24,26,28H,6-13,19-21H2,1-5H3,(H,48,60)(H,50,51,53)(H,52,59,61). The van der Waals surface area contributed by atoms with E-state index >= 15 is 17.6 Å². The second-order valence-corrected chi connectivity index (χ2v) is 16.9. The van der Waals surface area contributed by atoms with Gasteiger partial charge in [0.15, 0.2) is 18.2 Å². The van der Waals surface area contributed by atoms with Gasteiger partial charge in [-0.3, -0.25) is 33.7 Å². The Morgan fingerprint density at radius 2 is 1.79 bits per heavy atom. The summed E-state index contributed by atoms with van der Waals surface area (Å²) in [5.74, 6) is -7.69. The number of piperidine rings is 3. The maximum absolute atomic E-state index is 16.2. The highest BCUT2D eigenvalue weighted by Gasteiger charge is 2.46. The van der Waals surface area contributed by atoms with Crippen molar-refractivity contribution in [2.24, 2.45) is 13.0 Å². The number of alkyl halides is 2. The molecule has 3 aliphatic rings. The molecule has 2 atom stereocenters. The van der Waals surface area contributed by atoms with Crippen molar-refractivity contribution in [3.63, 3.8) is 0 Å². The Labute approximate surface area is 359 Å². The summed E-state index contributed by atoms with van der Waals surface area (Å²) in [5, 5.41) is 13.1. The molecular formula is C43H49F4N11O5. The topological polar surface area (TPSA) is 181 Å². The van der Waals surface area contributed by atoms with Crippen LogP contribution in [0.3, 0.4) is 0 Å². The van der Waals surface area contributed by atoms with Crippen LogP contribution in [-0.2, 0) is 21.4 Å². The van der Waals surface area contributed by atoms with Gasteiger partial charge in [-0.2, -0.15) is 10.1 Å². The zero-order chi connectivity index (χ0) is 44.9. The number of fused-ring (bicyclic) bond motifs is 2. The number of aryl methyl sites for hydroxylation is 2. The molecule has 3 saturated heterocycles. The number of amides is 3. The van der Waals surface area contributed by atoms with Crippen molar-refractivity contribution in [1.29, 1.82) is 0 Å². The van der Waals surface area contributed by atoms with E-state index in [9.17, 15) is 19.2 Å². The van der Waals surface area contributed by atoms with Crippen molar-refractivity contribution in [2.75, 3.05) is 56.6 Å². The summed E-state index contributed by atoms with van der Waals surface area (Å²) in [6, 6.07) is 4.23. The van der Waals surface area contributed by atoms with Gasteiger partial charge in [-0.15, -0.1) is 0 Å². The van der Waals surface area contributed by atoms with Crippen molar-refractivity contribution >= 4 is 57.1 Å². The van der Waals surface area contributed by atoms with E-state index in [4.69, 9.17) is 4.74 Å². The lowest BCUT2D eigenvalue weighted by Crippen LogP contribution is -2.53. The summed E-state index contributed by atoms with van der Waals surface area (Å²) in [5.41, 5.74) is 1.38. The van der Waals surface area contributed by atoms with Gasteiger partial charge in [-0.25, -0.2) is 27.5 Å². The van der Waals surface area contributed by atoms with Crippen LogP contribution in [-0.4, -0.2) is 104 Å². The molecule has 3 fully saturated rings. The lowest BCUT2D eigenvalue weighted by Gasteiger charge is -2.42. The van der Waals surface area contributed by atoms with Gasteiger partial charge >= 0.3 is 0 Å². The van der Waals surface area contributed by atoms with Crippen LogP contribution >= 0.6 is 0 Å². The molecule has 16 nitrogen and oxygen atoms in total. The van der Waals surface area contributed by atoms with Crippen LogP contribution in [0.15, 0.2) is 35.4 Å². The number of pyridine rings is 2. The van der Waals surface area contributed by atoms with Gasteiger partial charge in [0.05, 0.1) is 30.0 Å². The van der Waals surface area contributed by atoms with Gasteiger partial charge in [0, 0.05) is 73.7 Å². The fourth-order valence-electron chi connectivity index (χ4n) is 9.00. The van der Waals surface area contributed by atoms with E-state index in [1.165, 1.54) is 40.4 Å². The number of nitrogens with one attached hydrogen (secondary N) is 3. The Kier molecular flexibility index (Phi) is 11.9. The molecule has 8 rings (SSSR count). The number of carbonyl (C=O) groups is 3. The van der Waals surface area contributed by atoms with Crippen LogP contribution in [0.5, 0.6) is 5.75 Å². The van der Waals surface area contributed by atoms with Gasteiger partial charge in [0.1, 0.15) is 22.8 Å². The van der Waals surface area contributed by atoms with E-state index in [2.05, 4.69) is 36.0 Å². The number of likely N-dealkylation sites (tertiary alicyclic amines) is 1. The van der Waals surface area contributed by atoms with Crippen LogP contribution in [0, 0.1) is 24.5 Å². The Morgan fingerprint density at radius 1 is 1.03 bits per heavy atom. The van der Waals surface area contributed by atoms with E-state index in [0.717, 1.165) is 0 Å². The number of ether oxygens (including phenoxy) is 1. The monoisotopic (exact) mass is 875 g/mol. The molecule has 334 valence electrons. The predicted molar refractivity (Wildman–Crippen MR) is 225 cm³/mol. The van der Waals surface area contributed by atoms with Crippen LogP contribution in [0.4, 0.5) is 35.0 Å². The molecule has 0 aliphatic carbocycles. The van der Waals surface area contributed by atoms with Crippen molar-refractivity contribution < 1.29 is 36.7 Å². The summed E-state index contributed by atoms with van der Waals surface area (Å²) in [6.07, 6.45) is 4.29.